The molecule has 1 aromatic rings. The number of ether oxygens (including phenoxy) is 1. The van der Waals surface area contributed by atoms with Gasteiger partial charge in [-0.1, -0.05) is 18.2 Å². The number of para-hydroxylation sites is 1. The van der Waals surface area contributed by atoms with Crippen LogP contribution in [0.3, 0.4) is 0 Å². The summed E-state index contributed by atoms with van der Waals surface area (Å²) in [4.78, 5) is 12.9. The highest BCUT2D eigenvalue weighted by molar-refractivity contribution is 5.75. The number of rotatable bonds is 7. The van der Waals surface area contributed by atoms with Gasteiger partial charge in [-0.15, -0.1) is 0 Å². The van der Waals surface area contributed by atoms with Crippen molar-refractivity contribution >= 4 is 5.91 Å². The first kappa shape index (κ1) is 14.5. The van der Waals surface area contributed by atoms with Gasteiger partial charge in [-0.3, -0.25) is 4.79 Å². The highest BCUT2D eigenvalue weighted by Gasteiger charge is 2.05. The molecule has 0 saturated carbocycles. The average Bonchev–Trinajstić information content (AvgIpc) is 2.36. The topological polar surface area (TPSA) is 49.8 Å². The van der Waals surface area contributed by atoms with Crippen LogP contribution in [0, 0.1) is 0 Å². The molecule has 0 aromatic heterocycles. The molecule has 1 rings (SSSR count). The van der Waals surface area contributed by atoms with Crippen LogP contribution in [0.2, 0.25) is 0 Å². The van der Waals surface area contributed by atoms with Gasteiger partial charge in [0.25, 0.3) is 0 Å². The Balaban J connectivity index is 2.37. The number of hydrogen-bond donors (Lipinski definition) is 1. The van der Waals surface area contributed by atoms with Crippen LogP contribution in [0.1, 0.15) is 18.4 Å². The number of carbonyl (C=O) groups is 1. The molecule has 0 bridgehead atoms. The zero-order chi connectivity index (χ0) is 13.4. The fraction of sp³-hybridized carbons (Fsp3) is 0.500. The quantitative estimate of drug-likeness (QED) is 0.747. The number of amides is 1. The van der Waals surface area contributed by atoms with Crippen LogP contribution in [0.15, 0.2) is 24.3 Å². The normalized spacial score (nSPS) is 10.2. The van der Waals surface area contributed by atoms with Crippen molar-refractivity contribution < 1.29 is 14.6 Å². The number of nitrogens with zero attached hydrogens (tertiary/aromatic N) is 1. The van der Waals surface area contributed by atoms with Crippen LogP contribution in [-0.4, -0.2) is 43.2 Å². The van der Waals surface area contributed by atoms with Crippen molar-refractivity contribution in [1.29, 1.82) is 0 Å². The number of aliphatic hydroxyl groups excluding tert-OH is 1. The first-order valence-corrected chi connectivity index (χ1v) is 6.17. The average molecular weight is 251 g/mol. The fourth-order valence-corrected chi connectivity index (χ4v) is 1.60. The molecule has 1 N–H and O–H groups in total. The minimum Gasteiger partial charge on any atom is -0.493 e. The third kappa shape index (κ3) is 4.75. The zero-order valence-corrected chi connectivity index (χ0v) is 11.1. The minimum absolute atomic E-state index is 0.111. The molecule has 0 unspecified atom stereocenters. The third-order valence-corrected chi connectivity index (χ3v) is 2.65. The molecule has 4 heteroatoms. The molecule has 0 aliphatic heterocycles. The molecule has 0 heterocycles. The largest absolute Gasteiger partial charge is 0.493 e. The molecule has 0 radical (unpaired) electrons. The fourth-order valence-electron chi connectivity index (χ4n) is 1.60. The van der Waals surface area contributed by atoms with Crippen LogP contribution < -0.4 is 4.74 Å². The molecule has 1 amide bonds. The predicted molar refractivity (Wildman–Crippen MR) is 70.7 cm³/mol. The Labute approximate surface area is 108 Å². The summed E-state index contributed by atoms with van der Waals surface area (Å²) in [6, 6.07) is 7.66. The van der Waals surface area contributed by atoms with Crippen LogP contribution in [0.25, 0.3) is 0 Å². The van der Waals surface area contributed by atoms with Crippen molar-refractivity contribution in [3.63, 3.8) is 0 Å². The van der Waals surface area contributed by atoms with Crippen molar-refractivity contribution in [3.05, 3.63) is 29.8 Å². The second kappa shape index (κ2) is 7.71. The van der Waals surface area contributed by atoms with E-state index < -0.39 is 0 Å². The number of benzene rings is 1. The van der Waals surface area contributed by atoms with Crippen LogP contribution >= 0.6 is 0 Å². The number of aliphatic hydroxyl groups is 1. The molecule has 18 heavy (non-hydrogen) atoms. The zero-order valence-electron chi connectivity index (χ0n) is 11.1. The van der Waals surface area contributed by atoms with Crippen LogP contribution in [0.5, 0.6) is 5.75 Å². The lowest BCUT2D eigenvalue weighted by molar-refractivity contribution is -0.128. The lowest BCUT2D eigenvalue weighted by Crippen LogP contribution is -2.21. The molecule has 0 aliphatic rings. The molecule has 0 aliphatic carbocycles. The monoisotopic (exact) mass is 251 g/mol. The molecule has 1 aromatic carbocycles. The van der Waals surface area contributed by atoms with E-state index in [1.54, 1.807) is 19.0 Å². The van der Waals surface area contributed by atoms with Gasteiger partial charge in [0.1, 0.15) is 5.75 Å². The second-order valence-corrected chi connectivity index (χ2v) is 4.32. The van der Waals surface area contributed by atoms with Crippen LogP contribution in [-0.2, 0) is 11.2 Å². The number of carbonyl (C=O) groups excluding carboxylic acids is 1. The summed E-state index contributed by atoms with van der Waals surface area (Å²) in [5.41, 5.74) is 0.999. The summed E-state index contributed by atoms with van der Waals surface area (Å²) in [5.74, 6) is 0.908. The summed E-state index contributed by atoms with van der Waals surface area (Å²) >= 11 is 0. The second-order valence-electron chi connectivity index (χ2n) is 4.32. The Hall–Kier alpha value is -1.55. The maximum absolute atomic E-state index is 11.4. The molecule has 0 saturated heterocycles. The van der Waals surface area contributed by atoms with E-state index in [2.05, 4.69) is 0 Å². The first-order valence-electron chi connectivity index (χ1n) is 6.17. The number of hydrogen-bond acceptors (Lipinski definition) is 3. The van der Waals surface area contributed by atoms with Gasteiger partial charge in [0.2, 0.25) is 5.91 Å². The van der Waals surface area contributed by atoms with Gasteiger partial charge in [0.15, 0.2) is 0 Å². The van der Waals surface area contributed by atoms with E-state index in [1.165, 1.54) is 0 Å². The Morgan fingerprint density at radius 2 is 2.06 bits per heavy atom. The van der Waals surface area contributed by atoms with E-state index in [0.717, 1.165) is 11.3 Å². The van der Waals surface area contributed by atoms with E-state index in [1.807, 2.05) is 24.3 Å². The molecule has 4 nitrogen and oxygen atoms in total. The van der Waals surface area contributed by atoms with Crippen molar-refractivity contribution in [2.24, 2.45) is 0 Å². The summed E-state index contributed by atoms with van der Waals surface area (Å²) < 4.78 is 5.64. The van der Waals surface area contributed by atoms with Crippen molar-refractivity contribution in [1.82, 2.24) is 4.90 Å². The highest BCUT2D eigenvalue weighted by Crippen LogP contribution is 2.18. The Bertz CT molecular complexity index is 377. The summed E-state index contributed by atoms with van der Waals surface area (Å²) in [6.45, 7) is 0.626. The van der Waals surface area contributed by atoms with Gasteiger partial charge >= 0.3 is 0 Å². The summed E-state index contributed by atoms with van der Waals surface area (Å²) in [5, 5.41) is 8.94. The Morgan fingerprint density at radius 1 is 1.33 bits per heavy atom. The van der Waals surface area contributed by atoms with Crippen molar-refractivity contribution in [2.75, 3.05) is 27.3 Å². The van der Waals surface area contributed by atoms with Gasteiger partial charge in [-0.2, -0.15) is 0 Å². The van der Waals surface area contributed by atoms with Gasteiger partial charge in [-0.25, -0.2) is 0 Å². The maximum Gasteiger partial charge on any atom is 0.222 e. The lowest BCUT2D eigenvalue weighted by Gasteiger charge is -2.12. The molecule has 0 fully saturated rings. The maximum atomic E-state index is 11.4. The minimum atomic E-state index is 0.111. The lowest BCUT2D eigenvalue weighted by atomic mass is 10.1. The molecular weight excluding hydrogens is 230 g/mol. The van der Waals surface area contributed by atoms with E-state index in [-0.39, 0.29) is 12.5 Å². The van der Waals surface area contributed by atoms with Crippen molar-refractivity contribution in [2.45, 2.75) is 19.3 Å². The standard InChI is InChI=1S/C14H21NO3/c1-15(2)14(17)8-5-11-18-13-7-4-3-6-12(13)9-10-16/h3-4,6-7,16H,5,8-11H2,1-2H3. The molecule has 0 spiro atoms. The van der Waals surface area contributed by atoms with Crippen LogP contribution in [0.4, 0.5) is 0 Å². The Morgan fingerprint density at radius 3 is 2.72 bits per heavy atom. The summed E-state index contributed by atoms with van der Waals surface area (Å²) in [7, 11) is 3.50. The molecule has 100 valence electrons. The van der Waals surface area contributed by atoms with Crippen molar-refractivity contribution in [3.8, 4) is 5.75 Å². The van der Waals surface area contributed by atoms with E-state index in [4.69, 9.17) is 9.84 Å². The highest BCUT2D eigenvalue weighted by atomic mass is 16.5. The SMILES string of the molecule is CN(C)C(=O)CCCOc1ccccc1CCO. The van der Waals surface area contributed by atoms with E-state index in [9.17, 15) is 4.79 Å². The van der Waals surface area contributed by atoms with E-state index >= 15 is 0 Å². The molecular formula is C14H21NO3. The van der Waals surface area contributed by atoms with Gasteiger partial charge in [-0.05, 0) is 24.5 Å². The third-order valence-electron chi connectivity index (χ3n) is 2.65. The smallest absolute Gasteiger partial charge is 0.222 e. The predicted octanol–water partition coefficient (Wildman–Crippen LogP) is 1.47. The molecule has 0 atom stereocenters. The van der Waals surface area contributed by atoms with Gasteiger partial charge in [0.05, 0.1) is 6.61 Å². The Kier molecular flexibility index (Phi) is 6.22. The van der Waals surface area contributed by atoms with E-state index in [0.29, 0.717) is 25.9 Å². The van der Waals surface area contributed by atoms with Gasteiger partial charge < -0.3 is 14.7 Å². The van der Waals surface area contributed by atoms with Gasteiger partial charge in [0, 0.05) is 27.1 Å². The first-order chi connectivity index (χ1) is 8.65. The summed E-state index contributed by atoms with van der Waals surface area (Å²) in [6.07, 6.45) is 1.78.